The lowest BCUT2D eigenvalue weighted by molar-refractivity contribution is -0.157. The molecule has 2 unspecified atom stereocenters. The van der Waals surface area contributed by atoms with Crippen LogP contribution in [0.4, 0.5) is 0 Å². The Balaban J connectivity index is 2.60. The highest BCUT2D eigenvalue weighted by molar-refractivity contribution is 5.90. The van der Waals surface area contributed by atoms with Crippen molar-refractivity contribution in [2.45, 2.75) is 90.6 Å². The zero-order valence-electron chi connectivity index (χ0n) is 16.1. The molecule has 0 aromatic carbocycles. The average Bonchev–Trinajstić information content (AvgIpc) is 2.51. The van der Waals surface area contributed by atoms with Gasteiger partial charge >= 0.3 is 11.9 Å². The van der Waals surface area contributed by atoms with Gasteiger partial charge in [-0.1, -0.05) is 38.5 Å². The molecule has 0 aliphatic carbocycles. The normalized spacial score (nSPS) is 24.8. The number of aliphatic carboxylic acids is 1. The van der Waals surface area contributed by atoms with E-state index in [2.05, 4.69) is 4.99 Å². The number of hydrogen-bond donors (Lipinski definition) is 1. The van der Waals surface area contributed by atoms with Crippen LogP contribution in [0.1, 0.15) is 85.0 Å². The van der Waals surface area contributed by atoms with Gasteiger partial charge in [0.2, 0.25) is 0 Å². The Morgan fingerprint density at radius 1 is 0.960 bits per heavy atom. The first-order valence-electron chi connectivity index (χ1n) is 9.75. The van der Waals surface area contributed by atoms with Crippen LogP contribution in [0.15, 0.2) is 4.99 Å². The van der Waals surface area contributed by atoms with E-state index < -0.39 is 11.6 Å². The Bertz CT molecular complexity index is 439. The van der Waals surface area contributed by atoms with Crippen molar-refractivity contribution in [1.29, 1.82) is 0 Å². The SMILES string of the molecule is CC(C)(C)OC(=O)C1C=NCCCCC(C(=O)O)CCCCCCC1. The molecule has 144 valence electrons. The molecule has 0 fully saturated rings. The summed E-state index contributed by atoms with van der Waals surface area (Å²) in [6.45, 7) is 6.29. The summed E-state index contributed by atoms with van der Waals surface area (Å²) in [5, 5.41) is 9.30. The van der Waals surface area contributed by atoms with E-state index in [1.807, 2.05) is 20.8 Å². The van der Waals surface area contributed by atoms with Crippen LogP contribution in [-0.4, -0.2) is 35.4 Å². The zero-order valence-corrected chi connectivity index (χ0v) is 16.1. The summed E-state index contributed by atoms with van der Waals surface area (Å²) in [7, 11) is 0. The van der Waals surface area contributed by atoms with Crippen LogP contribution in [-0.2, 0) is 14.3 Å². The highest BCUT2D eigenvalue weighted by Gasteiger charge is 2.23. The smallest absolute Gasteiger partial charge is 0.314 e. The Labute approximate surface area is 152 Å². The summed E-state index contributed by atoms with van der Waals surface area (Å²) >= 11 is 0. The Morgan fingerprint density at radius 3 is 2.12 bits per heavy atom. The lowest BCUT2D eigenvalue weighted by Crippen LogP contribution is -2.29. The molecular formula is C20H35NO4. The molecular weight excluding hydrogens is 318 g/mol. The maximum absolute atomic E-state index is 12.3. The third-order valence-corrected chi connectivity index (χ3v) is 4.50. The van der Waals surface area contributed by atoms with E-state index in [-0.39, 0.29) is 17.8 Å². The largest absolute Gasteiger partial charge is 0.481 e. The molecule has 0 aromatic heterocycles. The van der Waals surface area contributed by atoms with Crippen LogP contribution >= 0.6 is 0 Å². The molecule has 0 bridgehead atoms. The second-order valence-corrected chi connectivity index (χ2v) is 8.07. The average molecular weight is 354 g/mol. The van der Waals surface area contributed by atoms with E-state index in [0.717, 1.165) is 64.2 Å². The molecule has 1 heterocycles. The van der Waals surface area contributed by atoms with Crippen LogP contribution in [0.2, 0.25) is 0 Å². The maximum atomic E-state index is 12.3. The van der Waals surface area contributed by atoms with Crippen LogP contribution in [0, 0.1) is 11.8 Å². The summed E-state index contributed by atoms with van der Waals surface area (Å²) in [4.78, 5) is 28.1. The number of nitrogens with zero attached hydrogens (tertiary/aromatic N) is 1. The highest BCUT2D eigenvalue weighted by atomic mass is 16.6. The molecule has 5 heteroatoms. The topological polar surface area (TPSA) is 76.0 Å². The van der Waals surface area contributed by atoms with E-state index in [1.54, 1.807) is 6.21 Å². The number of aliphatic imine (C=N–C) groups is 1. The molecule has 1 aliphatic heterocycles. The van der Waals surface area contributed by atoms with Crippen molar-refractivity contribution in [3.63, 3.8) is 0 Å². The fourth-order valence-electron chi connectivity index (χ4n) is 3.10. The van der Waals surface area contributed by atoms with Crippen molar-refractivity contribution >= 4 is 18.2 Å². The lowest BCUT2D eigenvalue weighted by Gasteiger charge is -2.22. The number of rotatable bonds is 2. The summed E-state index contributed by atoms with van der Waals surface area (Å²) in [5.74, 6) is -1.34. The predicted molar refractivity (Wildman–Crippen MR) is 100.0 cm³/mol. The number of ether oxygens (including phenoxy) is 1. The number of carboxylic acid groups (broad SMARTS) is 1. The first-order valence-corrected chi connectivity index (χ1v) is 9.75. The predicted octanol–water partition coefficient (Wildman–Crippen LogP) is 4.63. The third kappa shape index (κ3) is 10.3. The number of esters is 1. The van der Waals surface area contributed by atoms with Gasteiger partial charge in [-0.2, -0.15) is 0 Å². The van der Waals surface area contributed by atoms with Crippen molar-refractivity contribution in [3.05, 3.63) is 0 Å². The van der Waals surface area contributed by atoms with Crippen molar-refractivity contribution in [3.8, 4) is 0 Å². The van der Waals surface area contributed by atoms with E-state index in [4.69, 9.17) is 4.74 Å². The summed E-state index contributed by atoms with van der Waals surface area (Å²) in [6, 6.07) is 0. The fraction of sp³-hybridized carbons (Fsp3) is 0.850. The quantitative estimate of drug-likeness (QED) is 0.734. The molecule has 0 spiro atoms. The van der Waals surface area contributed by atoms with Crippen molar-refractivity contribution in [2.75, 3.05) is 6.54 Å². The fourth-order valence-corrected chi connectivity index (χ4v) is 3.10. The molecule has 5 nitrogen and oxygen atoms in total. The molecule has 0 aromatic rings. The van der Waals surface area contributed by atoms with Gasteiger partial charge in [0, 0.05) is 12.8 Å². The number of carboxylic acids is 1. The number of hydrogen-bond acceptors (Lipinski definition) is 4. The zero-order chi connectivity index (χ0) is 18.7. The van der Waals surface area contributed by atoms with Crippen LogP contribution in [0.3, 0.4) is 0 Å². The van der Waals surface area contributed by atoms with Gasteiger partial charge in [0.1, 0.15) is 5.60 Å². The molecule has 1 N–H and O–H groups in total. The lowest BCUT2D eigenvalue weighted by atomic mass is 9.95. The first kappa shape index (κ1) is 21.7. The Kier molecular flexibility index (Phi) is 9.76. The summed E-state index contributed by atoms with van der Waals surface area (Å²) in [6.07, 6.45) is 10.9. The molecule has 1 rings (SSSR count). The van der Waals surface area contributed by atoms with Crippen LogP contribution < -0.4 is 0 Å². The summed E-state index contributed by atoms with van der Waals surface area (Å²) in [5.41, 5.74) is -0.478. The van der Waals surface area contributed by atoms with Gasteiger partial charge in [-0.05, 0) is 46.5 Å². The van der Waals surface area contributed by atoms with Crippen LogP contribution in [0.5, 0.6) is 0 Å². The van der Waals surface area contributed by atoms with Gasteiger partial charge < -0.3 is 9.84 Å². The van der Waals surface area contributed by atoms with Gasteiger partial charge in [0.05, 0.1) is 11.8 Å². The van der Waals surface area contributed by atoms with E-state index >= 15 is 0 Å². The maximum Gasteiger partial charge on any atom is 0.314 e. The minimum atomic E-state index is -0.669. The number of carbonyl (C=O) groups excluding carboxylic acids is 1. The highest BCUT2D eigenvalue weighted by Crippen LogP contribution is 2.20. The minimum absolute atomic E-state index is 0.188. The summed E-state index contributed by atoms with van der Waals surface area (Å²) < 4.78 is 5.51. The first-order chi connectivity index (χ1) is 11.8. The second-order valence-electron chi connectivity index (χ2n) is 8.07. The van der Waals surface area contributed by atoms with E-state index in [0.29, 0.717) is 6.54 Å². The molecule has 0 amide bonds. The van der Waals surface area contributed by atoms with Gasteiger partial charge in [-0.3, -0.25) is 14.6 Å². The molecule has 0 saturated heterocycles. The van der Waals surface area contributed by atoms with Gasteiger partial charge in [0.15, 0.2) is 0 Å². The van der Waals surface area contributed by atoms with Gasteiger partial charge in [0.25, 0.3) is 0 Å². The minimum Gasteiger partial charge on any atom is -0.481 e. The van der Waals surface area contributed by atoms with E-state index in [1.165, 1.54) is 0 Å². The Hall–Kier alpha value is -1.39. The number of carbonyl (C=O) groups is 2. The van der Waals surface area contributed by atoms with Crippen LogP contribution in [0.25, 0.3) is 0 Å². The molecule has 25 heavy (non-hydrogen) atoms. The van der Waals surface area contributed by atoms with Crippen molar-refractivity contribution < 1.29 is 19.4 Å². The standard InChI is InChI=1S/C20H35NO4/c1-20(2,3)25-19(24)17-13-8-6-4-5-7-11-16(18(22)23)12-9-10-14-21-15-17/h15-17H,4-14H2,1-3H3,(H,22,23). The monoisotopic (exact) mass is 353 g/mol. The van der Waals surface area contributed by atoms with E-state index in [9.17, 15) is 14.7 Å². The van der Waals surface area contributed by atoms with Gasteiger partial charge in [-0.15, -0.1) is 0 Å². The molecule has 1 aliphatic rings. The molecule has 0 saturated carbocycles. The third-order valence-electron chi connectivity index (χ3n) is 4.50. The molecule has 2 atom stereocenters. The van der Waals surface area contributed by atoms with Crippen molar-refractivity contribution in [2.24, 2.45) is 16.8 Å². The Morgan fingerprint density at radius 2 is 1.52 bits per heavy atom. The van der Waals surface area contributed by atoms with Crippen molar-refractivity contribution in [1.82, 2.24) is 0 Å². The molecule has 0 radical (unpaired) electrons. The van der Waals surface area contributed by atoms with Gasteiger partial charge in [-0.25, -0.2) is 0 Å². The second kappa shape index (κ2) is 11.3.